The van der Waals surface area contributed by atoms with E-state index in [4.69, 9.17) is 5.73 Å². The Bertz CT molecular complexity index is 666. The van der Waals surface area contributed by atoms with Crippen LogP contribution in [0.25, 0.3) is 0 Å². The molecule has 2 aromatic carbocycles. The van der Waals surface area contributed by atoms with Crippen molar-refractivity contribution in [2.24, 2.45) is 0 Å². The van der Waals surface area contributed by atoms with Crippen LogP contribution in [-0.4, -0.2) is 4.21 Å². The van der Waals surface area contributed by atoms with Crippen LogP contribution in [0, 0.1) is 6.92 Å². The van der Waals surface area contributed by atoms with Gasteiger partial charge in [0.2, 0.25) is 0 Å². The number of hydrogen-bond acceptors (Lipinski definition) is 2. The number of hydrogen-bond donors (Lipinski definition) is 1. The minimum absolute atomic E-state index is 0.170. The van der Waals surface area contributed by atoms with Crippen LogP contribution in [0.3, 0.4) is 0 Å². The van der Waals surface area contributed by atoms with E-state index in [0.29, 0.717) is 16.1 Å². The monoisotopic (exact) mass is 313 g/mol. The number of anilines is 1. The summed E-state index contributed by atoms with van der Waals surface area (Å²) in [4.78, 5) is 0.643. The van der Waals surface area contributed by atoms with Gasteiger partial charge in [-0.15, -0.1) is 0 Å². The van der Waals surface area contributed by atoms with Gasteiger partial charge in [-0.2, -0.15) is 13.2 Å². The Morgan fingerprint density at radius 2 is 1.71 bits per heavy atom. The maximum atomic E-state index is 12.5. The zero-order chi connectivity index (χ0) is 15.6. The number of nitrogen functional groups attached to an aromatic ring is 1. The Hall–Kier alpha value is -1.82. The van der Waals surface area contributed by atoms with Crippen LogP contribution in [0.1, 0.15) is 16.7 Å². The van der Waals surface area contributed by atoms with E-state index in [-0.39, 0.29) is 5.75 Å². The maximum absolute atomic E-state index is 12.5. The quantitative estimate of drug-likeness (QED) is 0.873. The molecule has 0 heterocycles. The molecule has 2 aromatic rings. The summed E-state index contributed by atoms with van der Waals surface area (Å²) in [7, 11) is -1.32. The second-order valence-corrected chi connectivity index (χ2v) is 6.13. The van der Waals surface area contributed by atoms with Crippen LogP contribution < -0.4 is 5.73 Å². The van der Waals surface area contributed by atoms with Crippen molar-refractivity contribution in [3.8, 4) is 0 Å². The maximum Gasteiger partial charge on any atom is 0.416 e. The van der Waals surface area contributed by atoms with Crippen LogP contribution in [0.5, 0.6) is 0 Å². The number of alkyl halides is 3. The molecular formula is C15H14F3NOS. The molecule has 2 rings (SSSR count). The second kappa shape index (κ2) is 5.89. The molecule has 0 aliphatic carbocycles. The van der Waals surface area contributed by atoms with E-state index in [1.54, 1.807) is 25.1 Å². The average Bonchev–Trinajstić information content (AvgIpc) is 2.38. The summed E-state index contributed by atoms with van der Waals surface area (Å²) < 4.78 is 49.7. The highest BCUT2D eigenvalue weighted by molar-refractivity contribution is 7.84. The van der Waals surface area contributed by atoms with E-state index in [0.717, 1.165) is 17.7 Å². The Kier molecular flexibility index (Phi) is 4.37. The van der Waals surface area contributed by atoms with E-state index >= 15 is 0 Å². The van der Waals surface area contributed by atoms with E-state index in [9.17, 15) is 17.4 Å². The van der Waals surface area contributed by atoms with Crippen LogP contribution >= 0.6 is 0 Å². The normalized spacial score (nSPS) is 13.1. The smallest absolute Gasteiger partial charge is 0.399 e. The minimum atomic E-state index is -4.36. The number of nitrogens with two attached hydrogens (primary N) is 1. The SMILES string of the molecule is Cc1cc(N)ccc1S(=O)Cc1ccc(C(F)(F)F)cc1. The highest BCUT2D eigenvalue weighted by Crippen LogP contribution is 2.29. The molecule has 0 aromatic heterocycles. The van der Waals surface area contributed by atoms with Gasteiger partial charge in [-0.3, -0.25) is 4.21 Å². The lowest BCUT2D eigenvalue weighted by molar-refractivity contribution is -0.137. The van der Waals surface area contributed by atoms with Crippen molar-refractivity contribution >= 4 is 16.5 Å². The molecule has 112 valence electrons. The summed E-state index contributed by atoms with van der Waals surface area (Å²) in [5, 5.41) is 0. The zero-order valence-electron chi connectivity index (χ0n) is 11.3. The lowest BCUT2D eigenvalue weighted by Gasteiger charge is -2.09. The topological polar surface area (TPSA) is 43.1 Å². The minimum Gasteiger partial charge on any atom is -0.399 e. The van der Waals surface area contributed by atoms with Gasteiger partial charge in [-0.1, -0.05) is 12.1 Å². The van der Waals surface area contributed by atoms with Crippen molar-refractivity contribution in [2.45, 2.75) is 23.7 Å². The molecule has 0 spiro atoms. The number of aryl methyl sites for hydroxylation is 1. The molecule has 0 fully saturated rings. The first-order valence-corrected chi connectivity index (χ1v) is 7.50. The first-order valence-electron chi connectivity index (χ1n) is 6.18. The predicted octanol–water partition coefficient (Wildman–Crippen LogP) is 3.90. The summed E-state index contributed by atoms with van der Waals surface area (Å²) in [6, 6.07) is 9.78. The fourth-order valence-electron chi connectivity index (χ4n) is 1.95. The van der Waals surface area contributed by atoms with Crippen LogP contribution in [0.2, 0.25) is 0 Å². The summed E-state index contributed by atoms with van der Waals surface area (Å²) in [6.45, 7) is 1.80. The van der Waals surface area contributed by atoms with Crippen molar-refractivity contribution in [3.63, 3.8) is 0 Å². The van der Waals surface area contributed by atoms with Gasteiger partial charge in [0.1, 0.15) is 0 Å². The molecule has 21 heavy (non-hydrogen) atoms. The highest BCUT2D eigenvalue weighted by atomic mass is 32.2. The molecular weight excluding hydrogens is 299 g/mol. The lowest BCUT2D eigenvalue weighted by Crippen LogP contribution is -2.05. The largest absolute Gasteiger partial charge is 0.416 e. The highest BCUT2D eigenvalue weighted by Gasteiger charge is 2.29. The van der Waals surface area contributed by atoms with Gasteiger partial charge in [0.25, 0.3) is 0 Å². The molecule has 0 saturated carbocycles. The Morgan fingerprint density at radius 3 is 2.24 bits per heavy atom. The Morgan fingerprint density at radius 1 is 1.10 bits per heavy atom. The van der Waals surface area contributed by atoms with Crippen molar-refractivity contribution in [1.29, 1.82) is 0 Å². The van der Waals surface area contributed by atoms with Gasteiger partial charge in [-0.05, 0) is 48.4 Å². The number of rotatable bonds is 3. The molecule has 1 unspecified atom stereocenters. The molecule has 0 bridgehead atoms. The summed E-state index contributed by atoms with van der Waals surface area (Å²) in [5.41, 5.74) is 6.91. The third-order valence-electron chi connectivity index (χ3n) is 3.02. The van der Waals surface area contributed by atoms with Gasteiger partial charge < -0.3 is 5.73 Å². The molecule has 1 atom stereocenters. The van der Waals surface area contributed by atoms with E-state index in [1.807, 2.05) is 0 Å². The second-order valence-electron chi connectivity index (χ2n) is 4.71. The van der Waals surface area contributed by atoms with Crippen molar-refractivity contribution in [1.82, 2.24) is 0 Å². The van der Waals surface area contributed by atoms with Gasteiger partial charge >= 0.3 is 6.18 Å². The first kappa shape index (κ1) is 15.6. The van der Waals surface area contributed by atoms with E-state index < -0.39 is 22.5 Å². The molecule has 2 nitrogen and oxygen atoms in total. The van der Waals surface area contributed by atoms with E-state index in [1.165, 1.54) is 12.1 Å². The molecule has 6 heteroatoms. The Labute approximate surface area is 123 Å². The van der Waals surface area contributed by atoms with Gasteiger partial charge in [-0.25, -0.2) is 0 Å². The van der Waals surface area contributed by atoms with Gasteiger partial charge in [0.05, 0.1) is 22.1 Å². The molecule has 2 N–H and O–H groups in total. The number of halogens is 3. The third-order valence-corrected chi connectivity index (χ3v) is 4.57. The molecule has 0 aliphatic heterocycles. The summed E-state index contributed by atoms with van der Waals surface area (Å²) >= 11 is 0. The predicted molar refractivity (Wildman–Crippen MR) is 77.1 cm³/mol. The fraction of sp³-hybridized carbons (Fsp3) is 0.200. The van der Waals surface area contributed by atoms with Crippen LogP contribution in [0.4, 0.5) is 18.9 Å². The average molecular weight is 313 g/mol. The molecule has 0 aliphatic rings. The first-order chi connectivity index (χ1) is 9.77. The fourth-order valence-corrected chi connectivity index (χ4v) is 3.24. The van der Waals surface area contributed by atoms with Gasteiger partial charge in [0, 0.05) is 10.6 Å². The molecule has 0 radical (unpaired) electrons. The van der Waals surface area contributed by atoms with Crippen molar-refractivity contribution in [3.05, 3.63) is 59.2 Å². The van der Waals surface area contributed by atoms with Crippen LogP contribution in [0.15, 0.2) is 47.4 Å². The van der Waals surface area contributed by atoms with Gasteiger partial charge in [0.15, 0.2) is 0 Å². The summed E-state index contributed by atoms with van der Waals surface area (Å²) in [5.74, 6) is 0.170. The standard InChI is InChI=1S/C15H14F3NOS/c1-10-8-13(19)6-7-14(10)21(20)9-11-2-4-12(5-3-11)15(16,17)18/h2-8H,9,19H2,1H3. The van der Waals surface area contributed by atoms with Crippen molar-refractivity contribution < 1.29 is 17.4 Å². The van der Waals surface area contributed by atoms with Crippen molar-refractivity contribution in [2.75, 3.05) is 5.73 Å². The zero-order valence-corrected chi connectivity index (χ0v) is 12.1. The lowest BCUT2D eigenvalue weighted by atomic mass is 10.1. The van der Waals surface area contributed by atoms with E-state index in [2.05, 4.69) is 0 Å². The molecule has 0 saturated heterocycles. The third kappa shape index (κ3) is 3.85. The Balaban J connectivity index is 2.16. The molecule has 0 amide bonds. The summed E-state index contributed by atoms with van der Waals surface area (Å²) in [6.07, 6.45) is -4.36. The van der Waals surface area contributed by atoms with Crippen LogP contribution in [-0.2, 0) is 22.7 Å². The number of benzene rings is 2.